The van der Waals surface area contributed by atoms with Crippen molar-refractivity contribution >= 4 is 0 Å². The molecular weight excluding hydrogens is 262 g/mol. The second-order valence-electron chi connectivity index (χ2n) is 6.91. The minimum Gasteiger partial charge on any atom is -0.379 e. The number of morpholine rings is 1. The molecule has 0 aromatic heterocycles. The van der Waals surface area contributed by atoms with Gasteiger partial charge in [-0.05, 0) is 38.9 Å². The lowest BCUT2D eigenvalue weighted by Gasteiger charge is -2.32. The minimum atomic E-state index is 0.631. The van der Waals surface area contributed by atoms with Crippen molar-refractivity contribution in [3.05, 3.63) is 0 Å². The van der Waals surface area contributed by atoms with Gasteiger partial charge >= 0.3 is 0 Å². The van der Waals surface area contributed by atoms with Gasteiger partial charge in [-0.25, -0.2) is 0 Å². The molecule has 0 bridgehead atoms. The van der Waals surface area contributed by atoms with E-state index in [-0.39, 0.29) is 0 Å². The number of ether oxygens (including phenoxy) is 1. The van der Waals surface area contributed by atoms with Crippen LogP contribution in [0.3, 0.4) is 0 Å². The molecule has 0 aromatic carbocycles. The summed E-state index contributed by atoms with van der Waals surface area (Å²) in [7, 11) is 0. The Morgan fingerprint density at radius 1 is 1.05 bits per heavy atom. The van der Waals surface area contributed by atoms with Crippen LogP contribution in [-0.2, 0) is 4.74 Å². The van der Waals surface area contributed by atoms with E-state index in [0.29, 0.717) is 6.04 Å². The number of rotatable bonds is 9. The fraction of sp³-hybridized carbons (Fsp3) is 1.00. The molecule has 2 aliphatic rings. The van der Waals surface area contributed by atoms with Crippen LogP contribution < -0.4 is 5.32 Å². The normalized spacial score (nSPS) is 25.0. The lowest BCUT2D eigenvalue weighted by Crippen LogP contribution is -2.44. The van der Waals surface area contributed by atoms with Crippen molar-refractivity contribution in [3.63, 3.8) is 0 Å². The fourth-order valence-corrected chi connectivity index (χ4v) is 3.46. The van der Waals surface area contributed by atoms with E-state index < -0.39 is 0 Å². The number of unbranched alkanes of at least 4 members (excludes halogenated alkanes) is 3. The van der Waals surface area contributed by atoms with Crippen molar-refractivity contribution in [2.75, 3.05) is 52.5 Å². The van der Waals surface area contributed by atoms with E-state index in [0.717, 1.165) is 32.3 Å². The van der Waals surface area contributed by atoms with Crippen LogP contribution in [0.5, 0.6) is 0 Å². The summed E-state index contributed by atoms with van der Waals surface area (Å²) in [6.45, 7) is 13.7. The maximum Gasteiger partial charge on any atom is 0.0594 e. The summed E-state index contributed by atoms with van der Waals surface area (Å²) in [5, 5.41) is 3.49. The molecule has 0 spiro atoms. The first kappa shape index (κ1) is 17.2. The first-order chi connectivity index (χ1) is 10.3. The minimum absolute atomic E-state index is 0.631. The third-order valence-electron chi connectivity index (χ3n) is 4.76. The zero-order valence-electron chi connectivity index (χ0n) is 14.1. The SMILES string of the molecule is CC(C)NCCCCCCN1CCC(N2CCOCC2)C1. The molecule has 2 aliphatic heterocycles. The smallest absolute Gasteiger partial charge is 0.0594 e. The van der Waals surface area contributed by atoms with Gasteiger partial charge in [0.2, 0.25) is 0 Å². The van der Waals surface area contributed by atoms with Crippen molar-refractivity contribution in [1.82, 2.24) is 15.1 Å². The first-order valence-electron chi connectivity index (χ1n) is 9.03. The van der Waals surface area contributed by atoms with Crippen molar-refractivity contribution in [2.45, 2.75) is 58.0 Å². The molecule has 0 aromatic rings. The van der Waals surface area contributed by atoms with E-state index in [1.54, 1.807) is 0 Å². The summed E-state index contributed by atoms with van der Waals surface area (Å²) in [6, 6.07) is 1.43. The van der Waals surface area contributed by atoms with Gasteiger partial charge in [-0.2, -0.15) is 0 Å². The van der Waals surface area contributed by atoms with Gasteiger partial charge in [0.1, 0.15) is 0 Å². The molecule has 2 saturated heterocycles. The second-order valence-corrected chi connectivity index (χ2v) is 6.91. The summed E-state index contributed by atoms with van der Waals surface area (Å²) in [5.74, 6) is 0. The van der Waals surface area contributed by atoms with E-state index in [9.17, 15) is 0 Å². The molecule has 2 rings (SSSR count). The molecule has 1 N–H and O–H groups in total. The number of nitrogens with one attached hydrogen (secondary N) is 1. The molecule has 21 heavy (non-hydrogen) atoms. The largest absolute Gasteiger partial charge is 0.379 e. The molecule has 1 atom stereocenters. The third kappa shape index (κ3) is 6.64. The lowest BCUT2D eigenvalue weighted by atomic mass is 10.2. The van der Waals surface area contributed by atoms with E-state index >= 15 is 0 Å². The number of hydrogen-bond donors (Lipinski definition) is 1. The Kier molecular flexibility index (Phi) is 8.01. The Labute approximate surface area is 131 Å². The monoisotopic (exact) mass is 297 g/mol. The van der Waals surface area contributed by atoms with Gasteiger partial charge in [0, 0.05) is 31.7 Å². The Morgan fingerprint density at radius 3 is 2.57 bits per heavy atom. The van der Waals surface area contributed by atoms with E-state index in [2.05, 4.69) is 29.0 Å². The van der Waals surface area contributed by atoms with Crippen LogP contribution in [0.4, 0.5) is 0 Å². The Balaban J connectivity index is 1.46. The van der Waals surface area contributed by atoms with Crippen LogP contribution in [0.2, 0.25) is 0 Å². The number of nitrogens with zero attached hydrogens (tertiary/aromatic N) is 2. The summed E-state index contributed by atoms with van der Waals surface area (Å²) in [4.78, 5) is 5.31. The van der Waals surface area contributed by atoms with Crippen molar-refractivity contribution in [1.29, 1.82) is 0 Å². The van der Waals surface area contributed by atoms with Crippen LogP contribution in [0.25, 0.3) is 0 Å². The topological polar surface area (TPSA) is 27.7 Å². The molecule has 2 fully saturated rings. The van der Waals surface area contributed by atoms with Gasteiger partial charge in [0.05, 0.1) is 13.2 Å². The summed E-state index contributed by atoms with van der Waals surface area (Å²) in [6.07, 6.45) is 6.82. The van der Waals surface area contributed by atoms with Gasteiger partial charge in [-0.1, -0.05) is 26.7 Å². The van der Waals surface area contributed by atoms with Crippen LogP contribution in [0.1, 0.15) is 46.0 Å². The fourth-order valence-electron chi connectivity index (χ4n) is 3.46. The predicted octanol–water partition coefficient (Wildman–Crippen LogP) is 1.95. The maximum absolute atomic E-state index is 5.45. The number of likely N-dealkylation sites (tertiary alicyclic amines) is 1. The highest BCUT2D eigenvalue weighted by Crippen LogP contribution is 2.17. The van der Waals surface area contributed by atoms with E-state index in [4.69, 9.17) is 4.74 Å². The molecule has 0 amide bonds. The zero-order valence-corrected chi connectivity index (χ0v) is 14.1. The molecule has 2 heterocycles. The highest BCUT2D eigenvalue weighted by atomic mass is 16.5. The summed E-state index contributed by atoms with van der Waals surface area (Å²) < 4.78 is 5.45. The maximum atomic E-state index is 5.45. The molecule has 4 heteroatoms. The van der Waals surface area contributed by atoms with Gasteiger partial charge in [-0.15, -0.1) is 0 Å². The second kappa shape index (κ2) is 9.78. The van der Waals surface area contributed by atoms with Crippen LogP contribution >= 0.6 is 0 Å². The molecule has 0 radical (unpaired) electrons. The highest BCUT2D eigenvalue weighted by molar-refractivity contribution is 4.84. The van der Waals surface area contributed by atoms with E-state index in [1.807, 2.05) is 0 Å². The van der Waals surface area contributed by atoms with Crippen LogP contribution in [0, 0.1) is 0 Å². The Bertz CT molecular complexity index is 267. The standard InChI is InChI=1S/C17H35N3O/c1-16(2)18-8-5-3-4-6-9-19-10-7-17(15-19)20-11-13-21-14-12-20/h16-18H,3-15H2,1-2H3. The van der Waals surface area contributed by atoms with E-state index in [1.165, 1.54) is 58.3 Å². The Hall–Kier alpha value is -0.160. The quantitative estimate of drug-likeness (QED) is 0.658. The molecule has 1 unspecified atom stereocenters. The van der Waals surface area contributed by atoms with Gasteiger partial charge < -0.3 is 15.0 Å². The molecular formula is C17H35N3O. The molecule has 0 aliphatic carbocycles. The first-order valence-corrected chi connectivity index (χ1v) is 9.03. The highest BCUT2D eigenvalue weighted by Gasteiger charge is 2.28. The third-order valence-corrected chi connectivity index (χ3v) is 4.76. The molecule has 4 nitrogen and oxygen atoms in total. The zero-order chi connectivity index (χ0) is 14.9. The Morgan fingerprint density at radius 2 is 1.81 bits per heavy atom. The molecule has 124 valence electrons. The van der Waals surface area contributed by atoms with Gasteiger partial charge in [0.15, 0.2) is 0 Å². The van der Waals surface area contributed by atoms with Crippen LogP contribution in [-0.4, -0.2) is 74.4 Å². The number of hydrogen-bond acceptors (Lipinski definition) is 4. The van der Waals surface area contributed by atoms with Gasteiger partial charge in [0.25, 0.3) is 0 Å². The van der Waals surface area contributed by atoms with Crippen molar-refractivity contribution in [3.8, 4) is 0 Å². The molecule has 0 saturated carbocycles. The average molecular weight is 297 g/mol. The van der Waals surface area contributed by atoms with Gasteiger partial charge in [-0.3, -0.25) is 4.90 Å². The summed E-state index contributed by atoms with van der Waals surface area (Å²) in [5.41, 5.74) is 0. The predicted molar refractivity (Wildman–Crippen MR) is 88.8 cm³/mol. The van der Waals surface area contributed by atoms with Crippen molar-refractivity contribution in [2.24, 2.45) is 0 Å². The van der Waals surface area contributed by atoms with Crippen molar-refractivity contribution < 1.29 is 4.74 Å². The van der Waals surface area contributed by atoms with Crippen LogP contribution in [0.15, 0.2) is 0 Å². The lowest BCUT2D eigenvalue weighted by molar-refractivity contribution is 0.0185. The average Bonchev–Trinajstić information content (AvgIpc) is 2.96. The summed E-state index contributed by atoms with van der Waals surface area (Å²) >= 11 is 0.